The summed E-state index contributed by atoms with van der Waals surface area (Å²) in [7, 11) is -7.57. The molecule has 0 aliphatic carbocycles. The fourth-order valence-electron chi connectivity index (χ4n) is 4.18. The summed E-state index contributed by atoms with van der Waals surface area (Å²) in [4.78, 5) is 2.03. The van der Waals surface area contributed by atoms with Crippen LogP contribution in [-0.2, 0) is 19.7 Å². The van der Waals surface area contributed by atoms with Crippen LogP contribution in [0.4, 0.5) is 8.78 Å². The van der Waals surface area contributed by atoms with Gasteiger partial charge in [0, 0.05) is 18.6 Å². The summed E-state index contributed by atoms with van der Waals surface area (Å²) in [6.45, 7) is 5.69. The van der Waals surface area contributed by atoms with E-state index in [4.69, 9.17) is 0 Å². The third-order valence-corrected chi connectivity index (χ3v) is 10.1. The van der Waals surface area contributed by atoms with Crippen LogP contribution in [0.5, 0.6) is 0 Å². The highest BCUT2D eigenvalue weighted by molar-refractivity contribution is 7.96. The van der Waals surface area contributed by atoms with Crippen molar-refractivity contribution < 1.29 is 25.6 Å². The highest BCUT2D eigenvalue weighted by Gasteiger charge is 2.45. The van der Waals surface area contributed by atoms with E-state index in [0.29, 0.717) is 19.6 Å². The fourth-order valence-corrected chi connectivity index (χ4v) is 8.90. The number of likely N-dealkylation sites (N-methyl/N-ethyl adjacent to an activating group) is 1. The molecule has 0 spiro atoms. The van der Waals surface area contributed by atoms with E-state index in [9.17, 15) is 25.6 Å². The molecule has 3 atom stereocenters. The van der Waals surface area contributed by atoms with Gasteiger partial charge in [-0.2, -0.15) is 0 Å². The second kappa shape index (κ2) is 9.94. The highest BCUT2D eigenvalue weighted by Crippen LogP contribution is 2.27. The van der Waals surface area contributed by atoms with Crippen molar-refractivity contribution >= 4 is 19.7 Å². The molecule has 0 bridgehead atoms. The number of sulfone groups is 2. The van der Waals surface area contributed by atoms with E-state index in [1.54, 1.807) is 12.1 Å². The predicted molar refractivity (Wildman–Crippen MR) is 120 cm³/mol. The van der Waals surface area contributed by atoms with Crippen LogP contribution in [0.15, 0.2) is 53.4 Å². The van der Waals surface area contributed by atoms with Gasteiger partial charge in [0.15, 0.2) is 19.7 Å². The van der Waals surface area contributed by atoms with Gasteiger partial charge in [-0.25, -0.2) is 25.6 Å². The Balaban J connectivity index is 1.86. The molecule has 1 saturated heterocycles. The maximum absolute atomic E-state index is 13.4. The first-order valence-electron chi connectivity index (χ1n) is 10.5. The van der Waals surface area contributed by atoms with Crippen molar-refractivity contribution in [1.29, 1.82) is 0 Å². The van der Waals surface area contributed by atoms with Gasteiger partial charge in [-0.1, -0.05) is 26.0 Å². The third-order valence-electron chi connectivity index (χ3n) is 5.92. The maximum atomic E-state index is 13.4. The Morgan fingerprint density at radius 3 is 2.03 bits per heavy atom. The van der Waals surface area contributed by atoms with Gasteiger partial charge < -0.3 is 5.32 Å². The Labute approximate surface area is 188 Å². The van der Waals surface area contributed by atoms with Gasteiger partial charge in [-0.15, -0.1) is 0 Å². The van der Waals surface area contributed by atoms with Gasteiger partial charge in [-0.3, -0.25) is 4.90 Å². The fraction of sp³-hybridized carbons (Fsp3) is 0.455. The summed E-state index contributed by atoms with van der Waals surface area (Å²) in [6, 6.07) is 9.50. The summed E-state index contributed by atoms with van der Waals surface area (Å²) in [5.74, 6) is -1.71. The molecule has 0 radical (unpaired) electrons. The smallest absolute Gasteiger partial charge is 0.183 e. The van der Waals surface area contributed by atoms with E-state index in [0.717, 1.165) is 29.8 Å². The van der Waals surface area contributed by atoms with Crippen LogP contribution in [0.3, 0.4) is 0 Å². The quantitative estimate of drug-likeness (QED) is 0.549. The van der Waals surface area contributed by atoms with Crippen LogP contribution < -0.4 is 5.32 Å². The molecule has 6 nitrogen and oxygen atoms in total. The van der Waals surface area contributed by atoms with Crippen LogP contribution in [0, 0.1) is 11.6 Å². The first-order valence-corrected chi connectivity index (χ1v) is 13.9. The Bertz CT molecular complexity index is 1120. The molecular weight excluding hydrogens is 458 g/mol. The molecule has 1 fully saturated rings. The minimum Gasteiger partial charge on any atom is -0.310 e. The molecule has 0 amide bonds. The van der Waals surface area contributed by atoms with E-state index in [2.05, 4.69) is 10.2 Å². The van der Waals surface area contributed by atoms with E-state index >= 15 is 0 Å². The van der Waals surface area contributed by atoms with E-state index in [1.165, 1.54) is 12.1 Å². The topological polar surface area (TPSA) is 83.6 Å². The van der Waals surface area contributed by atoms with Gasteiger partial charge in [0.05, 0.1) is 21.7 Å². The molecule has 1 aliphatic heterocycles. The monoisotopic (exact) mass is 486 g/mol. The molecule has 0 aromatic heterocycles. The zero-order valence-corrected chi connectivity index (χ0v) is 19.7. The van der Waals surface area contributed by atoms with Crippen LogP contribution in [-0.4, -0.2) is 64.2 Å². The largest absolute Gasteiger partial charge is 0.310 e. The van der Waals surface area contributed by atoms with Crippen LogP contribution in [0.2, 0.25) is 0 Å². The van der Waals surface area contributed by atoms with Gasteiger partial charge in [0.25, 0.3) is 0 Å². The highest BCUT2D eigenvalue weighted by atomic mass is 32.2. The molecule has 176 valence electrons. The van der Waals surface area contributed by atoms with Gasteiger partial charge >= 0.3 is 0 Å². The summed E-state index contributed by atoms with van der Waals surface area (Å²) in [5, 5.41) is 1.99. The van der Waals surface area contributed by atoms with Crippen LogP contribution in [0.1, 0.15) is 25.5 Å². The SMILES string of the molecule is CCN(CC)C(CN[C@H]1CS(=O)(=O)C[C@@H]1S(=O)(=O)c1ccc(F)cc1)c1ccc(F)cc1. The molecule has 0 saturated carbocycles. The molecule has 1 unspecified atom stereocenters. The van der Waals surface area contributed by atoms with Gasteiger partial charge in [0.2, 0.25) is 0 Å². The molecule has 1 N–H and O–H groups in total. The van der Waals surface area contributed by atoms with E-state index in [1.807, 2.05) is 13.8 Å². The van der Waals surface area contributed by atoms with Gasteiger partial charge in [0.1, 0.15) is 11.6 Å². The lowest BCUT2D eigenvalue weighted by Crippen LogP contribution is -2.47. The third kappa shape index (κ3) is 5.54. The lowest BCUT2D eigenvalue weighted by molar-refractivity contribution is 0.209. The molecule has 32 heavy (non-hydrogen) atoms. The molecule has 2 aromatic carbocycles. The zero-order chi connectivity index (χ0) is 23.5. The normalized spacial score (nSPS) is 21.7. The minimum absolute atomic E-state index is 0.105. The molecule has 3 rings (SSSR count). The van der Waals surface area contributed by atoms with Crippen molar-refractivity contribution in [3.63, 3.8) is 0 Å². The number of benzene rings is 2. The summed E-state index contributed by atoms with van der Waals surface area (Å²) in [5.41, 5.74) is 0.849. The van der Waals surface area contributed by atoms with Crippen molar-refractivity contribution in [2.75, 3.05) is 31.1 Å². The number of halogens is 2. The second-order valence-corrected chi connectivity index (χ2v) is 12.2. The van der Waals surface area contributed by atoms with Crippen molar-refractivity contribution in [1.82, 2.24) is 10.2 Å². The first-order chi connectivity index (χ1) is 15.1. The molecule has 10 heteroatoms. The lowest BCUT2D eigenvalue weighted by Gasteiger charge is -2.32. The Kier molecular flexibility index (Phi) is 7.69. The Hall–Kier alpha value is -1.88. The summed E-state index contributed by atoms with van der Waals surface area (Å²) >= 11 is 0. The number of hydrogen-bond acceptors (Lipinski definition) is 6. The number of nitrogens with one attached hydrogen (secondary N) is 1. The number of rotatable bonds is 9. The summed E-state index contributed by atoms with van der Waals surface area (Å²) < 4.78 is 77.7. The minimum atomic E-state index is -4.00. The maximum Gasteiger partial charge on any atom is 0.183 e. The van der Waals surface area contributed by atoms with E-state index < -0.39 is 42.5 Å². The Morgan fingerprint density at radius 2 is 1.50 bits per heavy atom. The van der Waals surface area contributed by atoms with Crippen LogP contribution in [0.25, 0.3) is 0 Å². The standard InChI is InChI=1S/C22H28F2N2O4S2/c1-3-26(4-2)21(16-5-7-17(23)8-6-16)13-25-20-14-31(27,28)15-22(20)32(29,30)19-11-9-18(24)10-12-19/h5-12,20-22,25H,3-4,13-15H2,1-2H3/t20-,21?,22-/m0/s1. The Morgan fingerprint density at radius 1 is 0.969 bits per heavy atom. The van der Waals surface area contributed by atoms with Crippen LogP contribution >= 0.6 is 0 Å². The molecule has 2 aromatic rings. The molecular formula is C22H28F2N2O4S2. The van der Waals surface area contributed by atoms with Crippen molar-refractivity contribution in [2.45, 2.75) is 36.1 Å². The zero-order valence-electron chi connectivity index (χ0n) is 18.0. The van der Waals surface area contributed by atoms with Crippen molar-refractivity contribution in [2.24, 2.45) is 0 Å². The average Bonchev–Trinajstić information content (AvgIpc) is 3.07. The van der Waals surface area contributed by atoms with Crippen molar-refractivity contribution in [3.8, 4) is 0 Å². The van der Waals surface area contributed by atoms with Crippen molar-refractivity contribution in [3.05, 3.63) is 65.7 Å². The lowest BCUT2D eigenvalue weighted by atomic mass is 10.0. The van der Waals surface area contributed by atoms with E-state index in [-0.39, 0.29) is 22.5 Å². The molecule has 1 aliphatic rings. The first kappa shape index (κ1) is 24.8. The average molecular weight is 487 g/mol. The van der Waals surface area contributed by atoms with Gasteiger partial charge in [-0.05, 0) is 55.1 Å². The number of nitrogens with zero attached hydrogens (tertiary/aromatic N) is 1. The molecule has 1 heterocycles. The number of hydrogen-bond donors (Lipinski definition) is 1. The second-order valence-electron chi connectivity index (χ2n) is 7.92. The summed E-state index contributed by atoms with van der Waals surface area (Å²) in [6.07, 6.45) is 0. The predicted octanol–water partition coefficient (Wildman–Crippen LogP) is 2.58.